The molecule has 0 bridgehead atoms. The summed E-state index contributed by atoms with van der Waals surface area (Å²) in [6.45, 7) is 1.99. The molecular weight excluding hydrogens is 122 g/mol. The van der Waals surface area contributed by atoms with Gasteiger partial charge < -0.3 is 5.73 Å². The molecule has 1 rings (SSSR count). The summed E-state index contributed by atoms with van der Waals surface area (Å²) in [5.74, 6) is 0. The van der Waals surface area contributed by atoms with Crippen LogP contribution in [0.2, 0.25) is 0 Å². The second-order valence-electron chi connectivity index (χ2n) is 2.17. The number of hydrogen-bond donors (Lipinski definition) is 1. The molecular formula is C9H11N. The Bertz CT molecular complexity index is 238. The van der Waals surface area contributed by atoms with Gasteiger partial charge in [-0.3, -0.25) is 0 Å². The van der Waals surface area contributed by atoms with Gasteiger partial charge in [0, 0.05) is 5.69 Å². The lowest BCUT2D eigenvalue weighted by molar-refractivity contribution is 1.63. The number of hydrogen-bond acceptors (Lipinski definition) is 1. The molecule has 0 aromatic heterocycles. The number of nitrogen functional groups attached to an aromatic ring is 1. The standard InChI is InChI=1S/C9H11N/c1-2-4-8-5-3-6-9(10)7-8/h2-7H,10H2,1H3/b4-2-. The first-order valence-corrected chi connectivity index (χ1v) is 3.31. The Hall–Kier alpha value is -1.24. The molecule has 0 aliphatic heterocycles. The zero-order chi connectivity index (χ0) is 7.40. The summed E-state index contributed by atoms with van der Waals surface area (Å²) in [4.78, 5) is 0. The zero-order valence-corrected chi connectivity index (χ0v) is 6.04. The number of allylic oxidation sites excluding steroid dienone is 1. The molecule has 0 unspecified atom stereocenters. The quantitative estimate of drug-likeness (QED) is 0.584. The Balaban J connectivity index is 2.95. The van der Waals surface area contributed by atoms with E-state index in [1.165, 1.54) is 0 Å². The van der Waals surface area contributed by atoms with E-state index >= 15 is 0 Å². The van der Waals surface area contributed by atoms with Crippen LogP contribution in [0.5, 0.6) is 0 Å². The summed E-state index contributed by atoms with van der Waals surface area (Å²) in [7, 11) is 0. The zero-order valence-electron chi connectivity index (χ0n) is 6.04. The van der Waals surface area contributed by atoms with Crippen molar-refractivity contribution in [2.75, 3.05) is 5.73 Å². The molecule has 0 aliphatic carbocycles. The molecule has 52 valence electrons. The smallest absolute Gasteiger partial charge is 0.0319 e. The molecule has 1 heteroatoms. The Morgan fingerprint density at radius 3 is 2.80 bits per heavy atom. The van der Waals surface area contributed by atoms with Gasteiger partial charge in [-0.05, 0) is 24.6 Å². The molecule has 0 saturated heterocycles. The molecule has 0 fully saturated rings. The highest BCUT2D eigenvalue weighted by Gasteiger charge is 1.84. The van der Waals surface area contributed by atoms with Crippen LogP contribution >= 0.6 is 0 Å². The Kier molecular flexibility index (Phi) is 2.11. The number of benzene rings is 1. The van der Waals surface area contributed by atoms with Crippen LogP contribution in [0.25, 0.3) is 6.08 Å². The minimum atomic E-state index is 0.815. The Morgan fingerprint density at radius 2 is 2.20 bits per heavy atom. The minimum absolute atomic E-state index is 0.815. The van der Waals surface area contributed by atoms with Gasteiger partial charge in [-0.1, -0.05) is 24.3 Å². The van der Waals surface area contributed by atoms with Crippen LogP contribution in [0.4, 0.5) is 5.69 Å². The van der Waals surface area contributed by atoms with E-state index in [0.29, 0.717) is 0 Å². The Labute approximate surface area is 61.2 Å². The maximum atomic E-state index is 5.55. The van der Waals surface area contributed by atoms with Gasteiger partial charge in [-0.25, -0.2) is 0 Å². The maximum Gasteiger partial charge on any atom is 0.0319 e. The SMILES string of the molecule is C/C=C\c1cccc(N)c1. The van der Waals surface area contributed by atoms with Gasteiger partial charge in [0.1, 0.15) is 0 Å². The average Bonchev–Trinajstić information content (AvgIpc) is 1.88. The van der Waals surface area contributed by atoms with E-state index in [-0.39, 0.29) is 0 Å². The van der Waals surface area contributed by atoms with E-state index in [1.54, 1.807) is 0 Å². The van der Waals surface area contributed by atoms with Crippen molar-refractivity contribution in [1.82, 2.24) is 0 Å². The van der Waals surface area contributed by atoms with Crippen molar-refractivity contribution in [3.63, 3.8) is 0 Å². The summed E-state index contributed by atoms with van der Waals surface area (Å²) in [6.07, 6.45) is 4.02. The Morgan fingerprint density at radius 1 is 1.40 bits per heavy atom. The summed E-state index contributed by atoms with van der Waals surface area (Å²) >= 11 is 0. The molecule has 0 atom stereocenters. The van der Waals surface area contributed by atoms with Crippen molar-refractivity contribution in [2.24, 2.45) is 0 Å². The molecule has 2 N–H and O–H groups in total. The second-order valence-corrected chi connectivity index (χ2v) is 2.17. The first-order chi connectivity index (χ1) is 4.83. The van der Waals surface area contributed by atoms with Crippen molar-refractivity contribution in [3.05, 3.63) is 35.9 Å². The van der Waals surface area contributed by atoms with Gasteiger partial charge in [0.05, 0.1) is 0 Å². The molecule has 10 heavy (non-hydrogen) atoms. The van der Waals surface area contributed by atoms with Crippen LogP contribution in [0.1, 0.15) is 12.5 Å². The van der Waals surface area contributed by atoms with Gasteiger partial charge in [0.15, 0.2) is 0 Å². The van der Waals surface area contributed by atoms with E-state index in [2.05, 4.69) is 0 Å². The number of anilines is 1. The predicted octanol–water partition coefficient (Wildman–Crippen LogP) is 2.30. The van der Waals surface area contributed by atoms with Crippen molar-refractivity contribution in [2.45, 2.75) is 6.92 Å². The molecule has 0 heterocycles. The van der Waals surface area contributed by atoms with Gasteiger partial charge >= 0.3 is 0 Å². The summed E-state index contributed by atoms with van der Waals surface area (Å²) < 4.78 is 0. The van der Waals surface area contributed by atoms with Gasteiger partial charge in [0.25, 0.3) is 0 Å². The van der Waals surface area contributed by atoms with Gasteiger partial charge in [0.2, 0.25) is 0 Å². The molecule has 1 aromatic carbocycles. The van der Waals surface area contributed by atoms with Crippen LogP contribution < -0.4 is 5.73 Å². The molecule has 0 amide bonds. The lowest BCUT2D eigenvalue weighted by Gasteiger charge is -1.93. The number of nitrogens with two attached hydrogens (primary N) is 1. The number of rotatable bonds is 1. The van der Waals surface area contributed by atoms with Crippen molar-refractivity contribution < 1.29 is 0 Å². The molecule has 0 aliphatic rings. The monoisotopic (exact) mass is 133 g/mol. The van der Waals surface area contributed by atoms with Gasteiger partial charge in [-0.2, -0.15) is 0 Å². The first-order valence-electron chi connectivity index (χ1n) is 3.31. The van der Waals surface area contributed by atoms with E-state index in [1.807, 2.05) is 43.3 Å². The van der Waals surface area contributed by atoms with E-state index in [4.69, 9.17) is 5.73 Å². The van der Waals surface area contributed by atoms with Gasteiger partial charge in [-0.15, -0.1) is 0 Å². The third-order valence-electron chi connectivity index (χ3n) is 1.27. The van der Waals surface area contributed by atoms with Crippen molar-refractivity contribution >= 4 is 11.8 Å². The lowest BCUT2D eigenvalue weighted by Crippen LogP contribution is -1.83. The second kappa shape index (κ2) is 3.06. The fourth-order valence-electron chi connectivity index (χ4n) is 0.855. The van der Waals surface area contributed by atoms with Crippen LogP contribution in [0, 0.1) is 0 Å². The van der Waals surface area contributed by atoms with E-state index in [0.717, 1.165) is 11.3 Å². The summed E-state index contributed by atoms with van der Waals surface area (Å²) in [5.41, 5.74) is 7.53. The highest BCUT2D eigenvalue weighted by molar-refractivity contribution is 5.55. The van der Waals surface area contributed by atoms with Crippen LogP contribution in [-0.2, 0) is 0 Å². The molecule has 0 saturated carbocycles. The normalized spacial score (nSPS) is 10.5. The third-order valence-corrected chi connectivity index (χ3v) is 1.27. The summed E-state index contributed by atoms with van der Waals surface area (Å²) in [6, 6.07) is 7.80. The highest BCUT2D eigenvalue weighted by atomic mass is 14.5. The molecule has 0 radical (unpaired) electrons. The molecule has 1 nitrogen and oxygen atoms in total. The van der Waals surface area contributed by atoms with Crippen molar-refractivity contribution in [1.29, 1.82) is 0 Å². The first kappa shape index (κ1) is 6.87. The largest absolute Gasteiger partial charge is 0.399 e. The van der Waals surface area contributed by atoms with Crippen LogP contribution in [-0.4, -0.2) is 0 Å². The molecule has 1 aromatic rings. The highest BCUT2D eigenvalue weighted by Crippen LogP contribution is 2.07. The topological polar surface area (TPSA) is 26.0 Å². The minimum Gasteiger partial charge on any atom is -0.399 e. The fourth-order valence-corrected chi connectivity index (χ4v) is 0.855. The average molecular weight is 133 g/mol. The molecule has 0 spiro atoms. The van der Waals surface area contributed by atoms with E-state index < -0.39 is 0 Å². The fraction of sp³-hybridized carbons (Fsp3) is 0.111. The maximum absolute atomic E-state index is 5.55. The third kappa shape index (κ3) is 1.62. The summed E-state index contributed by atoms with van der Waals surface area (Å²) in [5, 5.41) is 0. The van der Waals surface area contributed by atoms with E-state index in [9.17, 15) is 0 Å². The van der Waals surface area contributed by atoms with Crippen molar-refractivity contribution in [3.8, 4) is 0 Å². The van der Waals surface area contributed by atoms with Crippen LogP contribution in [0.3, 0.4) is 0 Å². The lowest BCUT2D eigenvalue weighted by atomic mass is 10.2. The van der Waals surface area contributed by atoms with Crippen LogP contribution in [0.15, 0.2) is 30.3 Å². The predicted molar refractivity (Wildman–Crippen MR) is 45.6 cm³/mol.